The highest BCUT2D eigenvalue weighted by atomic mass is 79.9. The lowest BCUT2D eigenvalue weighted by atomic mass is 10.2. The highest BCUT2D eigenvalue weighted by molar-refractivity contribution is 9.10. The number of aldehydes is 1. The summed E-state index contributed by atoms with van der Waals surface area (Å²) in [6, 6.07) is 4.88. The molecule has 1 aromatic rings. The van der Waals surface area contributed by atoms with Gasteiger partial charge in [0, 0.05) is 10.0 Å². The Balaban J connectivity index is 2.77. The number of hydrogen-bond acceptors (Lipinski definition) is 2. The van der Waals surface area contributed by atoms with E-state index in [2.05, 4.69) is 15.9 Å². The molecule has 2 nitrogen and oxygen atoms in total. The molecule has 1 aromatic carbocycles. The molecule has 0 amide bonds. The summed E-state index contributed by atoms with van der Waals surface area (Å²) >= 11 is 3.19. The van der Waals surface area contributed by atoms with Gasteiger partial charge in [-0.3, -0.25) is 4.79 Å². The van der Waals surface area contributed by atoms with Crippen molar-refractivity contribution in [3.8, 4) is 5.75 Å². The molecule has 0 heterocycles. The first kappa shape index (κ1) is 10.2. The summed E-state index contributed by atoms with van der Waals surface area (Å²) in [5, 5.41) is 0. The van der Waals surface area contributed by atoms with Gasteiger partial charge in [0.1, 0.15) is 19.0 Å². The average molecular weight is 247 g/mol. The third-order valence-electron chi connectivity index (χ3n) is 1.44. The molecule has 0 aliphatic heterocycles. The molecule has 0 N–H and O–H groups in total. The second-order valence-corrected chi connectivity index (χ2v) is 3.19. The normalized spacial score (nSPS) is 9.69. The summed E-state index contributed by atoms with van der Waals surface area (Å²) in [5.74, 6) is 0.551. The number of carbonyl (C=O) groups excluding carboxylic acids is 1. The van der Waals surface area contributed by atoms with Crippen LogP contribution in [0.25, 0.3) is 0 Å². The molecule has 0 aliphatic carbocycles. The number of benzene rings is 1. The maximum Gasteiger partial charge on any atom is 0.151 e. The first-order chi connectivity index (χ1) is 6.27. The fraction of sp³-hybridized carbons (Fsp3) is 0.222. The van der Waals surface area contributed by atoms with Crippen LogP contribution in [-0.2, 0) is 0 Å². The van der Waals surface area contributed by atoms with Gasteiger partial charge in [-0.2, -0.15) is 0 Å². The molecule has 0 spiro atoms. The second kappa shape index (κ2) is 4.97. The summed E-state index contributed by atoms with van der Waals surface area (Å²) in [6.45, 7) is -0.486. The van der Waals surface area contributed by atoms with Crippen LogP contribution < -0.4 is 4.74 Å². The van der Waals surface area contributed by atoms with Crippen molar-refractivity contribution >= 4 is 22.2 Å². The van der Waals surface area contributed by atoms with Crippen LogP contribution in [0.1, 0.15) is 10.4 Å². The Kier molecular flexibility index (Phi) is 3.89. The first-order valence-corrected chi connectivity index (χ1v) is 4.50. The van der Waals surface area contributed by atoms with Gasteiger partial charge >= 0.3 is 0 Å². The van der Waals surface area contributed by atoms with Gasteiger partial charge in [-0.25, -0.2) is 4.39 Å². The van der Waals surface area contributed by atoms with E-state index >= 15 is 0 Å². The molecule has 0 atom stereocenters. The molecule has 0 bridgehead atoms. The predicted molar refractivity (Wildman–Crippen MR) is 51.0 cm³/mol. The molecule has 0 aromatic heterocycles. The van der Waals surface area contributed by atoms with E-state index in [4.69, 9.17) is 4.74 Å². The first-order valence-electron chi connectivity index (χ1n) is 3.71. The minimum absolute atomic E-state index is 0.0346. The zero-order valence-corrected chi connectivity index (χ0v) is 8.38. The summed E-state index contributed by atoms with van der Waals surface area (Å²) in [6.07, 6.45) is 0.739. The number of rotatable bonds is 4. The van der Waals surface area contributed by atoms with E-state index in [0.29, 0.717) is 15.8 Å². The van der Waals surface area contributed by atoms with Crippen molar-refractivity contribution in [2.45, 2.75) is 0 Å². The van der Waals surface area contributed by atoms with Gasteiger partial charge in [-0.05, 0) is 34.1 Å². The van der Waals surface area contributed by atoms with E-state index in [1.165, 1.54) is 0 Å². The minimum atomic E-state index is -0.521. The van der Waals surface area contributed by atoms with Gasteiger partial charge in [-0.15, -0.1) is 0 Å². The maximum atomic E-state index is 11.7. The lowest BCUT2D eigenvalue weighted by Gasteiger charge is -2.04. The van der Waals surface area contributed by atoms with Gasteiger partial charge in [0.2, 0.25) is 0 Å². The Morgan fingerprint density at radius 3 is 2.85 bits per heavy atom. The molecule has 1 rings (SSSR count). The van der Waals surface area contributed by atoms with E-state index < -0.39 is 6.67 Å². The van der Waals surface area contributed by atoms with Crippen LogP contribution in [0.3, 0.4) is 0 Å². The van der Waals surface area contributed by atoms with Crippen LogP contribution in [0.2, 0.25) is 0 Å². The molecule has 0 aliphatic rings. The zero-order chi connectivity index (χ0) is 9.68. The van der Waals surface area contributed by atoms with Crippen molar-refractivity contribution in [3.05, 3.63) is 28.2 Å². The topological polar surface area (TPSA) is 26.3 Å². The lowest BCUT2D eigenvalue weighted by Crippen LogP contribution is -1.98. The number of halogens is 2. The molecule has 4 heteroatoms. The molecule has 0 fully saturated rings. The molecule has 0 saturated heterocycles. The smallest absolute Gasteiger partial charge is 0.151 e. The molecular formula is C9H8BrFO2. The summed E-state index contributed by atoms with van der Waals surface area (Å²) in [5.41, 5.74) is 0.549. The summed E-state index contributed by atoms with van der Waals surface area (Å²) in [7, 11) is 0. The highest BCUT2D eigenvalue weighted by Gasteiger charge is 2.00. The number of hydrogen-bond donors (Lipinski definition) is 0. The van der Waals surface area contributed by atoms with Crippen molar-refractivity contribution < 1.29 is 13.9 Å². The Hall–Kier alpha value is -0.900. The van der Waals surface area contributed by atoms with Crippen molar-refractivity contribution in [1.82, 2.24) is 0 Å². The minimum Gasteiger partial charge on any atom is -0.491 e. The third kappa shape index (κ3) is 2.81. The van der Waals surface area contributed by atoms with Crippen LogP contribution in [-0.4, -0.2) is 19.6 Å². The standard InChI is InChI=1S/C9H8BrFO2/c10-9-5-8(13-4-3-11)2-1-7(9)6-12/h1-2,5-6H,3-4H2. The van der Waals surface area contributed by atoms with Crippen LogP contribution >= 0.6 is 15.9 Å². The van der Waals surface area contributed by atoms with Gasteiger partial charge in [0.25, 0.3) is 0 Å². The molecule has 0 radical (unpaired) electrons. The SMILES string of the molecule is O=Cc1ccc(OCCF)cc1Br. The van der Waals surface area contributed by atoms with Crippen LogP contribution in [0.5, 0.6) is 5.75 Å². The fourth-order valence-electron chi connectivity index (χ4n) is 0.850. The monoisotopic (exact) mass is 246 g/mol. The molecule has 13 heavy (non-hydrogen) atoms. The Morgan fingerprint density at radius 2 is 2.31 bits per heavy atom. The van der Waals surface area contributed by atoms with Gasteiger partial charge in [0.05, 0.1) is 0 Å². The molecule has 0 unspecified atom stereocenters. The zero-order valence-electron chi connectivity index (χ0n) is 6.80. The van der Waals surface area contributed by atoms with E-state index in [9.17, 15) is 9.18 Å². The van der Waals surface area contributed by atoms with Gasteiger partial charge in [-0.1, -0.05) is 0 Å². The number of ether oxygens (including phenoxy) is 1. The average Bonchev–Trinajstić information content (AvgIpc) is 2.15. The van der Waals surface area contributed by atoms with Gasteiger partial charge < -0.3 is 4.74 Å². The largest absolute Gasteiger partial charge is 0.491 e. The Morgan fingerprint density at radius 1 is 1.54 bits per heavy atom. The maximum absolute atomic E-state index is 11.7. The third-order valence-corrected chi connectivity index (χ3v) is 2.13. The summed E-state index contributed by atoms with van der Waals surface area (Å²) < 4.78 is 17.4. The van der Waals surface area contributed by atoms with Crippen LogP contribution in [0, 0.1) is 0 Å². The number of carbonyl (C=O) groups is 1. The van der Waals surface area contributed by atoms with E-state index in [0.717, 1.165) is 6.29 Å². The van der Waals surface area contributed by atoms with Crippen molar-refractivity contribution in [1.29, 1.82) is 0 Å². The quantitative estimate of drug-likeness (QED) is 0.764. The lowest BCUT2D eigenvalue weighted by molar-refractivity contribution is 0.112. The number of alkyl halides is 1. The van der Waals surface area contributed by atoms with Crippen molar-refractivity contribution in [2.75, 3.05) is 13.3 Å². The predicted octanol–water partition coefficient (Wildman–Crippen LogP) is 2.61. The highest BCUT2D eigenvalue weighted by Crippen LogP contribution is 2.21. The van der Waals surface area contributed by atoms with Crippen molar-refractivity contribution in [3.63, 3.8) is 0 Å². The molecule has 70 valence electrons. The van der Waals surface area contributed by atoms with Crippen molar-refractivity contribution in [2.24, 2.45) is 0 Å². The van der Waals surface area contributed by atoms with Crippen LogP contribution in [0.4, 0.5) is 4.39 Å². The Bertz CT molecular complexity index is 302. The molecular weight excluding hydrogens is 239 g/mol. The molecule has 0 saturated carbocycles. The van der Waals surface area contributed by atoms with E-state index in [1.54, 1.807) is 18.2 Å². The Labute approximate surface area is 83.8 Å². The second-order valence-electron chi connectivity index (χ2n) is 2.34. The van der Waals surface area contributed by atoms with E-state index in [1.807, 2.05) is 0 Å². The van der Waals surface area contributed by atoms with E-state index in [-0.39, 0.29) is 6.61 Å². The van der Waals surface area contributed by atoms with Gasteiger partial charge in [0.15, 0.2) is 6.29 Å². The van der Waals surface area contributed by atoms with Crippen LogP contribution in [0.15, 0.2) is 22.7 Å². The summed E-state index contributed by atoms with van der Waals surface area (Å²) in [4.78, 5) is 10.4. The fourth-order valence-corrected chi connectivity index (χ4v) is 1.30.